The van der Waals surface area contributed by atoms with E-state index in [0.29, 0.717) is 25.7 Å². The van der Waals surface area contributed by atoms with Crippen LogP contribution in [0, 0.1) is 0 Å². The number of hydrogen-bond acceptors (Lipinski definition) is 5. The number of urea groups is 2. The molecule has 1 fully saturated rings. The van der Waals surface area contributed by atoms with Crippen LogP contribution in [0.25, 0.3) is 0 Å². The van der Waals surface area contributed by atoms with E-state index in [4.69, 9.17) is 4.55 Å². The van der Waals surface area contributed by atoms with Crippen LogP contribution in [0.1, 0.15) is 25.7 Å². The number of rotatable bonds is 5. The maximum Gasteiger partial charge on any atom is 0.328 e. The zero-order valence-corrected chi connectivity index (χ0v) is 15.3. The third-order valence-corrected chi connectivity index (χ3v) is 5.57. The number of sulfonamides is 1. The van der Waals surface area contributed by atoms with E-state index in [0.717, 1.165) is 0 Å². The average molecular weight is 404 g/mol. The molecule has 0 spiro atoms. The Hall–Kier alpha value is -2.18. The number of carbonyl (C=O) groups is 2. The van der Waals surface area contributed by atoms with E-state index in [1.165, 1.54) is 12.1 Å². The van der Waals surface area contributed by atoms with Crippen LogP contribution in [0.2, 0.25) is 0 Å². The Kier molecular flexibility index (Phi) is 6.94. The lowest BCUT2D eigenvalue weighted by atomic mass is 9.91. The first kappa shape index (κ1) is 20.1. The van der Waals surface area contributed by atoms with Crippen LogP contribution in [-0.4, -0.2) is 41.3 Å². The molecule has 1 aliphatic rings. The lowest BCUT2D eigenvalue weighted by Crippen LogP contribution is -2.49. The highest BCUT2D eigenvalue weighted by Gasteiger charge is 2.25. The van der Waals surface area contributed by atoms with Gasteiger partial charge in [0.25, 0.3) is 21.3 Å². The van der Waals surface area contributed by atoms with Gasteiger partial charge >= 0.3 is 12.1 Å². The highest BCUT2D eigenvalue weighted by atomic mass is 32.2. The fourth-order valence-corrected chi connectivity index (χ4v) is 3.83. The first-order valence-electron chi connectivity index (χ1n) is 7.82. The van der Waals surface area contributed by atoms with Crippen molar-refractivity contribution in [3.05, 3.63) is 30.3 Å². The minimum Gasteiger partial charge on any atom is -0.335 e. The van der Waals surface area contributed by atoms with Crippen molar-refractivity contribution < 1.29 is 26.8 Å². The Balaban J connectivity index is 1.78. The van der Waals surface area contributed by atoms with Gasteiger partial charge in [-0.2, -0.15) is 0 Å². The summed E-state index contributed by atoms with van der Waals surface area (Å²) in [5.74, 6) is 0. The number of amides is 4. The monoisotopic (exact) mass is 404 g/mol. The second kappa shape index (κ2) is 8.96. The van der Waals surface area contributed by atoms with Crippen LogP contribution < -0.4 is 20.1 Å². The van der Waals surface area contributed by atoms with Gasteiger partial charge in [0, 0.05) is 12.1 Å². The Bertz CT molecular complexity index is 763. The van der Waals surface area contributed by atoms with Gasteiger partial charge in [0.1, 0.15) is 0 Å². The molecule has 0 heterocycles. The van der Waals surface area contributed by atoms with Crippen LogP contribution in [0.15, 0.2) is 35.2 Å². The highest BCUT2D eigenvalue weighted by Crippen LogP contribution is 2.18. The fourth-order valence-electron chi connectivity index (χ4n) is 2.67. The van der Waals surface area contributed by atoms with Gasteiger partial charge in [-0.3, -0.25) is 4.55 Å². The molecule has 0 aliphatic heterocycles. The summed E-state index contributed by atoms with van der Waals surface area (Å²) in [4.78, 5) is 23.3. The molecule has 0 bridgehead atoms. The molecule has 144 valence electrons. The Morgan fingerprint density at radius 2 is 1.46 bits per heavy atom. The lowest BCUT2D eigenvalue weighted by Gasteiger charge is -2.29. The standard InChI is InChI=1S/C14H20N4O6S2/c19-13(17-25(21)22)15-10-6-8-11(9-7-10)16-14(20)18-26(23,24)12-4-2-1-3-5-12/h1-5,10-11H,6-9H2,(H,21,22)(H2,15,17,19)(H2,16,18,20). The van der Waals surface area contributed by atoms with Gasteiger partial charge in [0.2, 0.25) is 0 Å². The molecule has 1 aromatic carbocycles. The largest absolute Gasteiger partial charge is 0.335 e. The van der Waals surface area contributed by atoms with E-state index in [1.54, 1.807) is 22.9 Å². The summed E-state index contributed by atoms with van der Waals surface area (Å²) in [7, 11) is -3.93. The van der Waals surface area contributed by atoms with E-state index in [9.17, 15) is 22.2 Å². The second-order valence-corrected chi connectivity index (χ2v) is 8.15. The Labute approximate surface area is 153 Å². The molecular formula is C14H20N4O6S2. The predicted molar refractivity (Wildman–Crippen MR) is 93.8 cm³/mol. The normalized spacial score (nSPS) is 21.3. The predicted octanol–water partition coefficient (Wildman–Crippen LogP) is 0.422. The summed E-state index contributed by atoms with van der Waals surface area (Å²) in [6, 6.07) is 5.60. The van der Waals surface area contributed by atoms with E-state index in [-0.39, 0.29) is 17.0 Å². The van der Waals surface area contributed by atoms with Crippen molar-refractivity contribution in [1.82, 2.24) is 20.1 Å². The molecule has 1 saturated carbocycles. The third kappa shape index (κ3) is 6.28. The average Bonchev–Trinajstić information content (AvgIpc) is 2.56. The fraction of sp³-hybridized carbons (Fsp3) is 0.429. The van der Waals surface area contributed by atoms with Gasteiger partial charge < -0.3 is 10.6 Å². The zero-order chi connectivity index (χ0) is 19.2. The van der Waals surface area contributed by atoms with Crippen LogP contribution in [-0.2, 0) is 21.3 Å². The Morgan fingerprint density at radius 3 is 1.96 bits per heavy atom. The summed E-state index contributed by atoms with van der Waals surface area (Å²) in [5.41, 5.74) is 0. The summed E-state index contributed by atoms with van der Waals surface area (Å²) in [5, 5.41) is 5.16. The van der Waals surface area contributed by atoms with Crippen LogP contribution >= 0.6 is 0 Å². The smallest absolute Gasteiger partial charge is 0.328 e. The van der Waals surface area contributed by atoms with Crippen molar-refractivity contribution in [3.63, 3.8) is 0 Å². The van der Waals surface area contributed by atoms with E-state index in [2.05, 4.69) is 10.6 Å². The number of benzene rings is 1. The number of carbonyl (C=O) groups excluding carboxylic acids is 2. The molecule has 0 saturated heterocycles. The van der Waals surface area contributed by atoms with Crippen LogP contribution in [0.5, 0.6) is 0 Å². The quantitative estimate of drug-likeness (QED) is 0.448. The molecule has 1 aliphatic carbocycles. The summed E-state index contributed by atoms with van der Waals surface area (Å²) in [6.45, 7) is 0. The molecule has 10 nitrogen and oxygen atoms in total. The van der Waals surface area contributed by atoms with Gasteiger partial charge in [-0.1, -0.05) is 18.2 Å². The molecule has 1 unspecified atom stereocenters. The van der Waals surface area contributed by atoms with Gasteiger partial charge in [-0.05, 0) is 37.8 Å². The second-order valence-electron chi connectivity index (χ2n) is 5.77. The summed E-state index contributed by atoms with van der Waals surface area (Å²) in [6.07, 6.45) is 2.15. The zero-order valence-electron chi connectivity index (χ0n) is 13.7. The molecule has 0 radical (unpaired) electrons. The van der Waals surface area contributed by atoms with Crippen molar-refractivity contribution in [2.24, 2.45) is 0 Å². The van der Waals surface area contributed by atoms with Crippen molar-refractivity contribution >= 4 is 33.4 Å². The molecule has 1 atom stereocenters. The number of hydrogen-bond donors (Lipinski definition) is 5. The van der Waals surface area contributed by atoms with E-state index >= 15 is 0 Å². The first-order chi connectivity index (χ1) is 12.3. The Morgan fingerprint density at radius 1 is 0.962 bits per heavy atom. The molecule has 0 aromatic heterocycles. The maximum absolute atomic E-state index is 12.1. The summed E-state index contributed by atoms with van der Waals surface area (Å²) < 4.78 is 47.0. The third-order valence-electron chi connectivity index (χ3n) is 3.86. The molecule has 12 heteroatoms. The van der Waals surface area contributed by atoms with Crippen molar-refractivity contribution in [1.29, 1.82) is 0 Å². The molecule has 2 rings (SSSR count). The van der Waals surface area contributed by atoms with Crippen LogP contribution in [0.4, 0.5) is 9.59 Å². The van der Waals surface area contributed by atoms with Gasteiger partial charge in [0.15, 0.2) is 0 Å². The van der Waals surface area contributed by atoms with Gasteiger partial charge in [-0.15, -0.1) is 0 Å². The van der Waals surface area contributed by atoms with E-state index in [1.807, 2.05) is 4.72 Å². The summed E-state index contributed by atoms with van der Waals surface area (Å²) >= 11 is -2.42. The maximum atomic E-state index is 12.1. The minimum atomic E-state index is -3.93. The lowest BCUT2D eigenvalue weighted by molar-refractivity contribution is 0.226. The molecule has 4 amide bonds. The molecule has 1 aromatic rings. The molecule has 26 heavy (non-hydrogen) atoms. The first-order valence-corrected chi connectivity index (χ1v) is 10.4. The van der Waals surface area contributed by atoms with Crippen molar-refractivity contribution in [3.8, 4) is 0 Å². The minimum absolute atomic E-state index is 0.00431. The van der Waals surface area contributed by atoms with Crippen molar-refractivity contribution in [2.75, 3.05) is 0 Å². The van der Waals surface area contributed by atoms with Crippen LogP contribution in [0.3, 0.4) is 0 Å². The van der Waals surface area contributed by atoms with Gasteiger partial charge in [0.05, 0.1) is 4.90 Å². The van der Waals surface area contributed by atoms with E-state index < -0.39 is 33.4 Å². The molecular weight excluding hydrogens is 384 g/mol. The number of nitrogens with one attached hydrogen (secondary N) is 4. The van der Waals surface area contributed by atoms with Gasteiger partial charge in [-0.25, -0.2) is 31.7 Å². The topological polar surface area (TPSA) is 154 Å². The van der Waals surface area contributed by atoms with Crippen molar-refractivity contribution in [2.45, 2.75) is 42.7 Å². The SMILES string of the molecule is O=C(NC1CCC(NC(=O)NS(=O)(=O)c2ccccc2)CC1)NS(=O)O. The molecule has 5 N–H and O–H groups in total. The highest BCUT2D eigenvalue weighted by molar-refractivity contribution is 7.90.